The molecule has 1 N–H and O–H groups in total. The van der Waals surface area contributed by atoms with Crippen molar-refractivity contribution < 1.29 is 9.84 Å². The summed E-state index contributed by atoms with van der Waals surface area (Å²) in [6.45, 7) is 3.21. The third kappa shape index (κ3) is 1.95. The summed E-state index contributed by atoms with van der Waals surface area (Å²) in [7, 11) is 0. The van der Waals surface area contributed by atoms with Crippen LogP contribution in [-0.2, 0) is 4.74 Å². The fourth-order valence-corrected chi connectivity index (χ4v) is 1.26. The summed E-state index contributed by atoms with van der Waals surface area (Å²) < 4.78 is 5.30. The van der Waals surface area contributed by atoms with Crippen LogP contribution in [0.1, 0.15) is 19.8 Å². The van der Waals surface area contributed by atoms with Crippen LogP contribution in [-0.4, -0.2) is 24.4 Å². The minimum Gasteiger partial charge on any atom is -0.396 e. The number of aliphatic hydroxyl groups excluding tert-OH is 1. The van der Waals surface area contributed by atoms with Gasteiger partial charge in [-0.3, -0.25) is 0 Å². The molecule has 0 unspecified atom stereocenters. The molecule has 0 bridgehead atoms. The van der Waals surface area contributed by atoms with Crippen LogP contribution in [0.4, 0.5) is 0 Å². The number of hydrogen-bond acceptors (Lipinski definition) is 2. The van der Waals surface area contributed by atoms with Crippen molar-refractivity contribution in [2.75, 3.05) is 13.2 Å². The van der Waals surface area contributed by atoms with Crippen molar-refractivity contribution in [3.8, 4) is 0 Å². The minimum atomic E-state index is 0.327. The monoisotopic (exact) mass is 130 g/mol. The molecule has 1 aliphatic heterocycles. The Bertz CT molecular complexity index is 83.0. The Kier molecular flexibility index (Phi) is 2.49. The van der Waals surface area contributed by atoms with Gasteiger partial charge in [0.05, 0.1) is 6.10 Å². The number of hydrogen-bond donors (Lipinski definition) is 1. The molecule has 1 heterocycles. The van der Waals surface area contributed by atoms with Crippen LogP contribution in [0.25, 0.3) is 0 Å². The first-order valence-electron chi connectivity index (χ1n) is 3.55. The maximum absolute atomic E-state index is 8.75. The fourth-order valence-electron chi connectivity index (χ4n) is 1.26. The van der Waals surface area contributed by atoms with Gasteiger partial charge < -0.3 is 9.84 Å². The first-order valence-corrected chi connectivity index (χ1v) is 3.55. The van der Waals surface area contributed by atoms with E-state index in [0.29, 0.717) is 18.6 Å². The van der Waals surface area contributed by atoms with E-state index < -0.39 is 0 Å². The summed E-state index contributed by atoms with van der Waals surface area (Å²) >= 11 is 0. The lowest BCUT2D eigenvalue weighted by Crippen LogP contribution is -2.24. The second kappa shape index (κ2) is 3.18. The lowest BCUT2D eigenvalue weighted by molar-refractivity contribution is -0.0106. The van der Waals surface area contributed by atoms with Gasteiger partial charge in [0.15, 0.2) is 0 Å². The molecule has 0 aromatic carbocycles. The quantitative estimate of drug-likeness (QED) is 0.568. The van der Waals surface area contributed by atoms with Crippen molar-refractivity contribution in [1.29, 1.82) is 0 Å². The first-order chi connectivity index (χ1) is 4.33. The summed E-state index contributed by atoms with van der Waals surface area (Å²) in [6.07, 6.45) is 2.41. The molecule has 0 saturated carbocycles. The molecule has 0 aliphatic carbocycles. The summed E-state index contributed by atoms with van der Waals surface area (Å²) in [5.74, 6) is 0.494. The van der Waals surface area contributed by atoms with Gasteiger partial charge in [0.1, 0.15) is 0 Å². The fraction of sp³-hybridized carbons (Fsp3) is 1.00. The summed E-state index contributed by atoms with van der Waals surface area (Å²) in [5, 5.41) is 8.75. The summed E-state index contributed by atoms with van der Waals surface area (Å²) in [6, 6.07) is 0. The molecule has 0 aromatic heterocycles. The van der Waals surface area contributed by atoms with Gasteiger partial charge in [-0.1, -0.05) is 0 Å². The van der Waals surface area contributed by atoms with E-state index in [1.54, 1.807) is 0 Å². The molecule has 9 heavy (non-hydrogen) atoms. The molecule has 0 amide bonds. The van der Waals surface area contributed by atoms with Crippen LogP contribution < -0.4 is 0 Å². The zero-order valence-electron chi connectivity index (χ0n) is 5.84. The smallest absolute Gasteiger partial charge is 0.0550 e. The predicted molar refractivity (Wildman–Crippen MR) is 35.2 cm³/mol. The van der Waals surface area contributed by atoms with Crippen molar-refractivity contribution in [2.45, 2.75) is 25.9 Å². The van der Waals surface area contributed by atoms with Crippen LogP contribution in [0.15, 0.2) is 0 Å². The van der Waals surface area contributed by atoms with Gasteiger partial charge in [-0.05, 0) is 25.7 Å². The molecule has 54 valence electrons. The number of aliphatic hydroxyl groups is 1. The average molecular weight is 130 g/mol. The number of ether oxygens (including phenoxy) is 1. The first kappa shape index (κ1) is 7.03. The maximum Gasteiger partial charge on any atom is 0.0550 e. The van der Waals surface area contributed by atoms with Crippen LogP contribution in [0.5, 0.6) is 0 Å². The predicted octanol–water partition coefficient (Wildman–Crippen LogP) is 0.794. The number of rotatable bonds is 1. The Hall–Kier alpha value is -0.0800. The van der Waals surface area contributed by atoms with E-state index in [9.17, 15) is 0 Å². The second-order valence-electron chi connectivity index (χ2n) is 2.75. The Morgan fingerprint density at radius 2 is 2.44 bits per heavy atom. The molecule has 1 saturated heterocycles. The van der Waals surface area contributed by atoms with Gasteiger partial charge in [-0.25, -0.2) is 0 Å². The third-order valence-corrected chi connectivity index (χ3v) is 1.85. The van der Waals surface area contributed by atoms with E-state index in [4.69, 9.17) is 9.84 Å². The highest BCUT2D eigenvalue weighted by molar-refractivity contribution is 4.66. The van der Waals surface area contributed by atoms with E-state index in [0.717, 1.165) is 19.4 Å². The molecule has 0 spiro atoms. The van der Waals surface area contributed by atoms with Crippen molar-refractivity contribution in [1.82, 2.24) is 0 Å². The Balaban J connectivity index is 2.23. The van der Waals surface area contributed by atoms with Gasteiger partial charge in [0, 0.05) is 13.2 Å². The Morgan fingerprint density at radius 3 is 2.89 bits per heavy atom. The summed E-state index contributed by atoms with van der Waals surface area (Å²) in [5.41, 5.74) is 0. The van der Waals surface area contributed by atoms with Crippen LogP contribution in [0.2, 0.25) is 0 Å². The lowest BCUT2D eigenvalue weighted by Gasteiger charge is -2.25. The van der Waals surface area contributed by atoms with Gasteiger partial charge in [-0.15, -0.1) is 0 Å². The molecule has 1 fully saturated rings. The lowest BCUT2D eigenvalue weighted by atomic mass is 9.97. The normalized spacial score (nSPS) is 36.7. The SMILES string of the molecule is C[C@@H]1C[C@@H](CO)CCO1. The van der Waals surface area contributed by atoms with Crippen molar-refractivity contribution >= 4 is 0 Å². The third-order valence-electron chi connectivity index (χ3n) is 1.85. The summed E-state index contributed by atoms with van der Waals surface area (Å²) in [4.78, 5) is 0. The molecular weight excluding hydrogens is 116 g/mol. The molecular formula is C7H14O2. The van der Waals surface area contributed by atoms with Crippen molar-refractivity contribution in [3.63, 3.8) is 0 Å². The average Bonchev–Trinajstić information content (AvgIpc) is 1.88. The topological polar surface area (TPSA) is 29.5 Å². The van der Waals surface area contributed by atoms with Crippen LogP contribution in [0, 0.1) is 5.92 Å². The van der Waals surface area contributed by atoms with E-state index in [1.165, 1.54) is 0 Å². The Labute approximate surface area is 55.8 Å². The highest BCUT2D eigenvalue weighted by atomic mass is 16.5. The molecule has 1 rings (SSSR count). The van der Waals surface area contributed by atoms with Crippen molar-refractivity contribution in [2.24, 2.45) is 5.92 Å². The molecule has 2 atom stereocenters. The minimum absolute atomic E-state index is 0.327. The van der Waals surface area contributed by atoms with E-state index in [-0.39, 0.29) is 0 Å². The van der Waals surface area contributed by atoms with Crippen molar-refractivity contribution in [3.05, 3.63) is 0 Å². The van der Waals surface area contributed by atoms with E-state index >= 15 is 0 Å². The molecule has 1 aliphatic rings. The largest absolute Gasteiger partial charge is 0.396 e. The molecule has 2 nitrogen and oxygen atoms in total. The highest BCUT2D eigenvalue weighted by Gasteiger charge is 2.17. The Morgan fingerprint density at radius 1 is 1.67 bits per heavy atom. The van der Waals surface area contributed by atoms with Gasteiger partial charge in [0.2, 0.25) is 0 Å². The van der Waals surface area contributed by atoms with E-state index in [1.807, 2.05) is 0 Å². The van der Waals surface area contributed by atoms with Gasteiger partial charge >= 0.3 is 0 Å². The van der Waals surface area contributed by atoms with Crippen LogP contribution >= 0.6 is 0 Å². The highest BCUT2D eigenvalue weighted by Crippen LogP contribution is 2.18. The standard InChI is InChI=1S/C7H14O2/c1-6-4-7(5-8)2-3-9-6/h6-8H,2-5H2,1H3/t6-,7+/m1/s1. The van der Waals surface area contributed by atoms with E-state index in [2.05, 4.69) is 6.92 Å². The van der Waals surface area contributed by atoms with Crippen LogP contribution in [0.3, 0.4) is 0 Å². The molecule has 0 aromatic rings. The van der Waals surface area contributed by atoms with Gasteiger partial charge in [0.25, 0.3) is 0 Å². The van der Waals surface area contributed by atoms with Gasteiger partial charge in [-0.2, -0.15) is 0 Å². The zero-order valence-corrected chi connectivity index (χ0v) is 5.84. The molecule has 0 radical (unpaired) electrons. The zero-order chi connectivity index (χ0) is 6.69. The maximum atomic E-state index is 8.75. The second-order valence-corrected chi connectivity index (χ2v) is 2.75. The molecule has 2 heteroatoms.